The van der Waals surface area contributed by atoms with Crippen LogP contribution in [0, 0.1) is 13.8 Å². The Morgan fingerprint density at radius 2 is 2.00 bits per heavy atom. The Bertz CT molecular complexity index is 779. The average molecular weight is 347 g/mol. The summed E-state index contributed by atoms with van der Waals surface area (Å²) < 4.78 is 7.98. The predicted octanol–water partition coefficient (Wildman–Crippen LogP) is 3.30. The van der Waals surface area contributed by atoms with E-state index in [2.05, 4.69) is 5.32 Å². The van der Waals surface area contributed by atoms with Crippen molar-refractivity contribution in [1.82, 2.24) is 9.88 Å². The summed E-state index contributed by atoms with van der Waals surface area (Å²) in [6.07, 6.45) is 4.01. The highest BCUT2D eigenvalue weighted by atomic mass is 35.5. The summed E-state index contributed by atoms with van der Waals surface area (Å²) in [5, 5.41) is 4.01. The van der Waals surface area contributed by atoms with Crippen molar-refractivity contribution in [2.75, 3.05) is 13.1 Å². The number of pyridine rings is 1. The molecule has 0 bridgehead atoms. The van der Waals surface area contributed by atoms with Gasteiger partial charge in [-0.3, -0.25) is 4.79 Å². The number of rotatable bonds is 4. The third kappa shape index (κ3) is 4.00. The normalized spacial score (nSPS) is 15.5. The van der Waals surface area contributed by atoms with Crippen LogP contribution in [0.5, 0.6) is 5.75 Å². The topological polar surface area (TPSA) is 43.3 Å². The van der Waals surface area contributed by atoms with Crippen LogP contribution in [-0.4, -0.2) is 23.8 Å². The highest BCUT2D eigenvalue weighted by molar-refractivity contribution is 6.30. The number of nitrogens with one attached hydrogen (secondary N) is 1. The zero-order valence-corrected chi connectivity index (χ0v) is 14.9. The summed E-state index contributed by atoms with van der Waals surface area (Å²) in [4.78, 5) is 12.2. The van der Waals surface area contributed by atoms with E-state index in [-0.39, 0.29) is 11.7 Å². The van der Waals surface area contributed by atoms with Crippen LogP contribution in [-0.2, 0) is 6.54 Å². The first kappa shape index (κ1) is 17.1. The standard InChI is InChI=1S/C19H23ClN2O2/c1-13-5-8-22(18(23)9-13)12-15-11-16(20)10-14(2)19(15)24-17-3-6-21-7-4-17/h5,8-11,17,21H,3-4,6-7,12H2,1-2H3. The molecule has 0 spiro atoms. The molecule has 0 saturated carbocycles. The van der Waals surface area contributed by atoms with Gasteiger partial charge >= 0.3 is 0 Å². The maximum Gasteiger partial charge on any atom is 0.251 e. The Hall–Kier alpha value is -1.78. The van der Waals surface area contributed by atoms with Gasteiger partial charge in [-0.1, -0.05) is 11.6 Å². The second-order valence-electron chi connectivity index (χ2n) is 6.45. The maximum absolute atomic E-state index is 12.2. The third-order valence-corrected chi connectivity index (χ3v) is 4.60. The van der Waals surface area contributed by atoms with Gasteiger partial charge in [0.05, 0.1) is 6.54 Å². The molecule has 2 aromatic rings. The first-order valence-electron chi connectivity index (χ1n) is 8.36. The van der Waals surface area contributed by atoms with E-state index < -0.39 is 0 Å². The molecule has 1 saturated heterocycles. The van der Waals surface area contributed by atoms with E-state index in [1.54, 1.807) is 10.6 Å². The maximum atomic E-state index is 12.2. The smallest absolute Gasteiger partial charge is 0.251 e. The van der Waals surface area contributed by atoms with Gasteiger partial charge in [-0.05, 0) is 69.1 Å². The summed E-state index contributed by atoms with van der Waals surface area (Å²) in [5.41, 5.74) is 2.91. The number of halogens is 1. The number of hydrogen-bond acceptors (Lipinski definition) is 3. The van der Waals surface area contributed by atoms with Crippen LogP contribution in [0.25, 0.3) is 0 Å². The Morgan fingerprint density at radius 3 is 2.71 bits per heavy atom. The second-order valence-corrected chi connectivity index (χ2v) is 6.88. The van der Waals surface area contributed by atoms with Gasteiger partial charge in [-0.15, -0.1) is 0 Å². The van der Waals surface area contributed by atoms with Gasteiger partial charge in [0.25, 0.3) is 5.56 Å². The lowest BCUT2D eigenvalue weighted by molar-refractivity contribution is 0.159. The molecule has 1 aliphatic heterocycles. The molecular formula is C19H23ClN2O2. The van der Waals surface area contributed by atoms with Crippen LogP contribution in [0.4, 0.5) is 0 Å². The second kappa shape index (κ2) is 7.41. The average Bonchev–Trinajstić information content (AvgIpc) is 2.54. The van der Waals surface area contributed by atoms with Crippen molar-refractivity contribution in [3.05, 3.63) is 62.5 Å². The van der Waals surface area contributed by atoms with E-state index in [4.69, 9.17) is 16.3 Å². The number of ether oxygens (including phenoxy) is 1. The van der Waals surface area contributed by atoms with E-state index in [1.807, 2.05) is 38.2 Å². The van der Waals surface area contributed by atoms with Crippen LogP contribution < -0.4 is 15.6 Å². The monoisotopic (exact) mass is 346 g/mol. The first-order chi connectivity index (χ1) is 11.5. The van der Waals surface area contributed by atoms with Crippen molar-refractivity contribution < 1.29 is 4.74 Å². The molecule has 4 nitrogen and oxygen atoms in total. The Balaban J connectivity index is 1.91. The van der Waals surface area contributed by atoms with E-state index in [9.17, 15) is 4.79 Å². The number of nitrogens with zero attached hydrogens (tertiary/aromatic N) is 1. The molecule has 1 fully saturated rings. The van der Waals surface area contributed by atoms with Gasteiger partial charge in [-0.25, -0.2) is 0 Å². The number of aryl methyl sites for hydroxylation is 2. The highest BCUT2D eigenvalue weighted by Gasteiger charge is 2.18. The molecule has 24 heavy (non-hydrogen) atoms. The summed E-state index contributed by atoms with van der Waals surface area (Å²) >= 11 is 6.24. The quantitative estimate of drug-likeness (QED) is 0.923. The molecular weight excluding hydrogens is 324 g/mol. The molecule has 1 N–H and O–H groups in total. The van der Waals surface area contributed by atoms with Crippen molar-refractivity contribution in [1.29, 1.82) is 0 Å². The highest BCUT2D eigenvalue weighted by Crippen LogP contribution is 2.30. The lowest BCUT2D eigenvalue weighted by Gasteiger charge is -2.26. The number of hydrogen-bond donors (Lipinski definition) is 1. The zero-order valence-electron chi connectivity index (χ0n) is 14.1. The molecule has 0 amide bonds. The molecule has 2 heterocycles. The van der Waals surface area contributed by atoms with E-state index in [0.29, 0.717) is 11.6 Å². The van der Waals surface area contributed by atoms with E-state index in [1.165, 1.54) is 0 Å². The van der Waals surface area contributed by atoms with Gasteiger partial charge < -0.3 is 14.6 Å². The fourth-order valence-electron chi connectivity index (χ4n) is 3.09. The Morgan fingerprint density at radius 1 is 1.25 bits per heavy atom. The zero-order chi connectivity index (χ0) is 17.1. The molecule has 1 aliphatic rings. The minimum absolute atomic E-state index is 0.0135. The minimum Gasteiger partial charge on any atom is -0.490 e. The number of piperidine rings is 1. The summed E-state index contributed by atoms with van der Waals surface area (Å²) in [6, 6.07) is 7.40. The molecule has 1 aromatic carbocycles. The van der Waals surface area contributed by atoms with Gasteiger partial charge in [0.2, 0.25) is 0 Å². The predicted molar refractivity (Wildman–Crippen MR) is 97.2 cm³/mol. The van der Waals surface area contributed by atoms with Crippen LogP contribution in [0.3, 0.4) is 0 Å². The van der Waals surface area contributed by atoms with Crippen molar-refractivity contribution in [2.45, 2.75) is 39.3 Å². The van der Waals surface area contributed by atoms with Gasteiger partial charge in [-0.2, -0.15) is 0 Å². The largest absolute Gasteiger partial charge is 0.490 e. The van der Waals surface area contributed by atoms with Crippen LogP contribution in [0.15, 0.2) is 35.3 Å². The molecule has 0 radical (unpaired) electrons. The molecule has 0 atom stereocenters. The summed E-state index contributed by atoms with van der Waals surface area (Å²) in [6.45, 7) is 6.33. The molecule has 5 heteroatoms. The van der Waals surface area contributed by atoms with Gasteiger partial charge in [0.1, 0.15) is 11.9 Å². The van der Waals surface area contributed by atoms with E-state index in [0.717, 1.165) is 48.4 Å². The van der Waals surface area contributed by atoms with Gasteiger partial charge in [0, 0.05) is 22.8 Å². The van der Waals surface area contributed by atoms with Crippen LogP contribution in [0.1, 0.15) is 29.5 Å². The van der Waals surface area contributed by atoms with Crippen molar-refractivity contribution >= 4 is 11.6 Å². The van der Waals surface area contributed by atoms with Crippen molar-refractivity contribution in [2.24, 2.45) is 0 Å². The molecule has 128 valence electrons. The van der Waals surface area contributed by atoms with Crippen LogP contribution >= 0.6 is 11.6 Å². The Kier molecular flexibility index (Phi) is 5.27. The Labute approximate surface area is 147 Å². The summed E-state index contributed by atoms with van der Waals surface area (Å²) in [5.74, 6) is 0.860. The number of aromatic nitrogens is 1. The van der Waals surface area contributed by atoms with Crippen LogP contribution in [0.2, 0.25) is 5.02 Å². The number of benzene rings is 1. The molecule has 0 unspecified atom stereocenters. The van der Waals surface area contributed by atoms with E-state index >= 15 is 0 Å². The van der Waals surface area contributed by atoms with Gasteiger partial charge in [0.15, 0.2) is 0 Å². The molecule has 0 aliphatic carbocycles. The third-order valence-electron chi connectivity index (χ3n) is 4.38. The fraction of sp³-hybridized carbons (Fsp3) is 0.421. The van der Waals surface area contributed by atoms with Crippen molar-refractivity contribution in [3.63, 3.8) is 0 Å². The first-order valence-corrected chi connectivity index (χ1v) is 8.74. The lowest BCUT2D eigenvalue weighted by atomic mass is 10.1. The minimum atomic E-state index is -0.0135. The SMILES string of the molecule is Cc1ccn(Cc2cc(Cl)cc(C)c2OC2CCNCC2)c(=O)c1. The van der Waals surface area contributed by atoms with Crippen molar-refractivity contribution in [3.8, 4) is 5.75 Å². The lowest BCUT2D eigenvalue weighted by Crippen LogP contribution is -2.34. The molecule has 3 rings (SSSR count). The summed E-state index contributed by atoms with van der Waals surface area (Å²) in [7, 11) is 0. The molecule has 1 aromatic heterocycles. The fourth-order valence-corrected chi connectivity index (χ4v) is 3.38.